The zero-order chi connectivity index (χ0) is 12.8. The Morgan fingerprint density at radius 2 is 2.06 bits per heavy atom. The first-order valence-corrected chi connectivity index (χ1v) is 6.04. The number of hydrogen-bond donors (Lipinski definition) is 2. The fourth-order valence-corrected chi connectivity index (χ4v) is 2.09. The lowest BCUT2D eigenvalue weighted by molar-refractivity contribution is -0.140. The van der Waals surface area contributed by atoms with Gasteiger partial charge in [0, 0.05) is 17.8 Å². The van der Waals surface area contributed by atoms with E-state index in [4.69, 9.17) is 5.73 Å². The van der Waals surface area contributed by atoms with Gasteiger partial charge in [0.25, 0.3) is 0 Å². The van der Waals surface area contributed by atoms with Crippen LogP contribution in [0.4, 0.5) is 0 Å². The van der Waals surface area contributed by atoms with Gasteiger partial charge in [-0.2, -0.15) is 0 Å². The first kappa shape index (κ1) is 13.8. The van der Waals surface area contributed by atoms with Crippen molar-refractivity contribution in [3.63, 3.8) is 0 Å². The van der Waals surface area contributed by atoms with Gasteiger partial charge >= 0.3 is 5.97 Å². The van der Waals surface area contributed by atoms with Crippen molar-refractivity contribution in [3.05, 3.63) is 22.5 Å². The molecule has 0 saturated carbocycles. The Morgan fingerprint density at radius 3 is 2.65 bits per heavy atom. The minimum absolute atomic E-state index is 0.159. The molecule has 1 aromatic heterocycles. The minimum atomic E-state index is -0.159. The second kappa shape index (κ2) is 6.45. The van der Waals surface area contributed by atoms with Crippen molar-refractivity contribution in [1.82, 2.24) is 4.98 Å². The van der Waals surface area contributed by atoms with Crippen molar-refractivity contribution in [1.29, 1.82) is 0 Å². The lowest BCUT2D eigenvalue weighted by Crippen LogP contribution is -2.03. The van der Waals surface area contributed by atoms with Gasteiger partial charge in [-0.3, -0.25) is 4.79 Å². The van der Waals surface area contributed by atoms with Crippen molar-refractivity contribution >= 4 is 5.97 Å². The van der Waals surface area contributed by atoms with Crippen LogP contribution in [0.5, 0.6) is 0 Å². The molecule has 0 saturated heterocycles. The summed E-state index contributed by atoms with van der Waals surface area (Å²) in [6.45, 7) is 4.85. The van der Waals surface area contributed by atoms with Gasteiger partial charge in [0.2, 0.25) is 0 Å². The molecule has 0 bridgehead atoms. The van der Waals surface area contributed by atoms with Crippen molar-refractivity contribution in [2.24, 2.45) is 5.73 Å². The molecule has 4 heteroatoms. The first-order chi connectivity index (χ1) is 8.10. The van der Waals surface area contributed by atoms with Gasteiger partial charge in [-0.25, -0.2) is 0 Å². The van der Waals surface area contributed by atoms with Crippen molar-refractivity contribution in [2.75, 3.05) is 13.7 Å². The molecule has 0 amide bonds. The predicted molar refractivity (Wildman–Crippen MR) is 68.0 cm³/mol. The number of nitrogens with one attached hydrogen (secondary N) is 1. The number of carbonyl (C=O) groups is 1. The summed E-state index contributed by atoms with van der Waals surface area (Å²) in [5, 5.41) is 0. The van der Waals surface area contributed by atoms with Gasteiger partial charge in [-0.1, -0.05) is 0 Å². The Labute approximate surface area is 103 Å². The number of ether oxygens (including phenoxy) is 1. The first-order valence-electron chi connectivity index (χ1n) is 6.04. The molecule has 4 nitrogen and oxygen atoms in total. The molecule has 1 rings (SSSR count). The van der Waals surface area contributed by atoms with Crippen LogP contribution in [0.1, 0.15) is 35.4 Å². The maximum atomic E-state index is 11.1. The average Bonchev–Trinajstić information content (AvgIpc) is 2.59. The number of aromatic amines is 1. The molecule has 1 heterocycles. The van der Waals surface area contributed by atoms with Gasteiger partial charge < -0.3 is 15.5 Å². The summed E-state index contributed by atoms with van der Waals surface area (Å²) in [6, 6.07) is 0. The van der Waals surface area contributed by atoms with E-state index in [1.807, 2.05) is 6.92 Å². The fourth-order valence-electron chi connectivity index (χ4n) is 2.09. The maximum Gasteiger partial charge on any atom is 0.305 e. The highest BCUT2D eigenvalue weighted by molar-refractivity contribution is 5.69. The Morgan fingerprint density at radius 1 is 1.35 bits per heavy atom. The van der Waals surface area contributed by atoms with E-state index < -0.39 is 0 Å². The summed E-state index contributed by atoms with van der Waals surface area (Å²) in [4.78, 5) is 14.5. The third-order valence-electron chi connectivity index (χ3n) is 3.13. The van der Waals surface area contributed by atoms with Crippen LogP contribution >= 0.6 is 0 Å². The topological polar surface area (TPSA) is 68.1 Å². The highest BCUT2D eigenvalue weighted by Gasteiger charge is 2.12. The molecule has 0 aliphatic rings. The number of methoxy groups -OCH3 is 1. The SMILES string of the molecule is COC(=O)CCc1c(C)[nH]c(CCCN)c1C. The monoisotopic (exact) mass is 238 g/mol. The van der Waals surface area contributed by atoms with Gasteiger partial charge in [-0.15, -0.1) is 0 Å². The zero-order valence-corrected chi connectivity index (χ0v) is 10.9. The number of rotatable bonds is 6. The van der Waals surface area contributed by atoms with Gasteiger partial charge in [0.15, 0.2) is 0 Å². The third-order valence-corrected chi connectivity index (χ3v) is 3.13. The van der Waals surface area contributed by atoms with Crippen molar-refractivity contribution < 1.29 is 9.53 Å². The van der Waals surface area contributed by atoms with Crippen LogP contribution in [0.3, 0.4) is 0 Å². The molecule has 0 spiro atoms. The summed E-state index contributed by atoms with van der Waals surface area (Å²) in [7, 11) is 1.42. The molecule has 0 aliphatic carbocycles. The molecule has 17 heavy (non-hydrogen) atoms. The number of hydrogen-bond acceptors (Lipinski definition) is 3. The van der Waals surface area contributed by atoms with Crippen molar-refractivity contribution in [2.45, 2.75) is 39.5 Å². The van der Waals surface area contributed by atoms with Crippen LogP contribution in [0.15, 0.2) is 0 Å². The van der Waals surface area contributed by atoms with Gasteiger partial charge in [-0.05, 0) is 50.8 Å². The Balaban J connectivity index is 2.71. The van der Waals surface area contributed by atoms with E-state index in [1.54, 1.807) is 0 Å². The number of aromatic nitrogens is 1. The molecule has 1 aromatic rings. The highest BCUT2D eigenvalue weighted by atomic mass is 16.5. The Bertz CT molecular complexity index is 383. The van der Waals surface area contributed by atoms with Crippen LogP contribution in [0.25, 0.3) is 0 Å². The van der Waals surface area contributed by atoms with Crippen molar-refractivity contribution in [3.8, 4) is 0 Å². The van der Waals surface area contributed by atoms with E-state index >= 15 is 0 Å². The predicted octanol–water partition coefficient (Wildman–Crippen LogP) is 1.63. The lowest BCUT2D eigenvalue weighted by atomic mass is 10.0. The molecule has 0 radical (unpaired) electrons. The average molecular weight is 238 g/mol. The molecule has 0 atom stereocenters. The normalized spacial score (nSPS) is 10.6. The lowest BCUT2D eigenvalue weighted by Gasteiger charge is -2.02. The summed E-state index contributed by atoms with van der Waals surface area (Å²) in [5.41, 5.74) is 10.4. The van der Waals surface area contributed by atoms with Crippen LogP contribution < -0.4 is 5.73 Å². The second-order valence-electron chi connectivity index (χ2n) is 4.30. The maximum absolute atomic E-state index is 11.1. The van der Waals surface area contributed by atoms with E-state index in [1.165, 1.54) is 23.9 Å². The minimum Gasteiger partial charge on any atom is -0.469 e. The summed E-state index contributed by atoms with van der Waals surface area (Å²) >= 11 is 0. The number of carbonyl (C=O) groups excluding carboxylic acids is 1. The van der Waals surface area contributed by atoms with Crippen LogP contribution in [-0.4, -0.2) is 24.6 Å². The zero-order valence-electron chi connectivity index (χ0n) is 10.9. The summed E-state index contributed by atoms with van der Waals surface area (Å²) < 4.78 is 4.66. The molecular weight excluding hydrogens is 216 g/mol. The fraction of sp³-hybridized carbons (Fsp3) is 0.615. The van der Waals surface area contributed by atoms with E-state index in [9.17, 15) is 4.79 Å². The van der Waals surface area contributed by atoms with E-state index in [2.05, 4.69) is 16.6 Å². The smallest absolute Gasteiger partial charge is 0.305 e. The largest absolute Gasteiger partial charge is 0.469 e. The van der Waals surface area contributed by atoms with E-state index in [0.717, 1.165) is 25.0 Å². The third kappa shape index (κ3) is 3.60. The molecule has 3 N–H and O–H groups in total. The second-order valence-corrected chi connectivity index (χ2v) is 4.30. The summed E-state index contributed by atoms with van der Waals surface area (Å²) in [5.74, 6) is -0.159. The molecule has 0 unspecified atom stereocenters. The number of esters is 1. The van der Waals surface area contributed by atoms with E-state index in [-0.39, 0.29) is 5.97 Å². The highest BCUT2D eigenvalue weighted by Crippen LogP contribution is 2.20. The van der Waals surface area contributed by atoms with Crippen LogP contribution in [0.2, 0.25) is 0 Å². The standard InChI is InChI=1S/C13H22N2O2/c1-9-11(6-7-13(16)17-3)10(2)15-12(9)5-4-8-14/h15H,4-8,14H2,1-3H3. The van der Waals surface area contributed by atoms with Gasteiger partial charge in [0.05, 0.1) is 7.11 Å². The Hall–Kier alpha value is -1.29. The van der Waals surface area contributed by atoms with E-state index in [0.29, 0.717) is 13.0 Å². The quantitative estimate of drug-likeness (QED) is 0.740. The number of nitrogens with two attached hydrogens (primary N) is 1. The van der Waals surface area contributed by atoms with Crippen LogP contribution in [-0.2, 0) is 22.4 Å². The molecule has 0 aliphatic heterocycles. The molecule has 0 aromatic carbocycles. The van der Waals surface area contributed by atoms with Crippen LogP contribution in [0, 0.1) is 13.8 Å². The molecule has 96 valence electrons. The molecule has 0 fully saturated rings. The molecular formula is C13H22N2O2. The number of H-pyrrole nitrogens is 1. The Kier molecular flexibility index (Phi) is 5.22. The van der Waals surface area contributed by atoms with Gasteiger partial charge in [0.1, 0.15) is 0 Å². The number of aryl methyl sites for hydroxylation is 2. The summed E-state index contributed by atoms with van der Waals surface area (Å²) in [6.07, 6.45) is 3.13.